The fourth-order valence-corrected chi connectivity index (χ4v) is 2.53. The van der Waals surface area contributed by atoms with E-state index in [2.05, 4.69) is 46.7 Å². The molecule has 0 aliphatic carbocycles. The standard InChI is InChI=1S/C19H27N3O2.HI/c1-4-10-21-19(20-5-2)22-13-16-9-8-15(3)12-18(16)24-14-17-7-6-11-23-17;/h1,8-9,12,17H,5-7,10-11,13-14H2,2-3H3,(H2,20,21,22);1H. The second-order valence-corrected chi connectivity index (χ2v) is 5.81. The zero-order chi connectivity index (χ0) is 17.2. The zero-order valence-corrected chi connectivity index (χ0v) is 17.3. The molecule has 0 amide bonds. The number of nitrogens with zero attached hydrogens (tertiary/aromatic N) is 1. The molecular formula is C19H28IN3O2. The number of hydrogen-bond donors (Lipinski definition) is 2. The lowest BCUT2D eigenvalue weighted by Crippen LogP contribution is -2.37. The first-order valence-electron chi connectivity index (χ1n) is 8.52. The molecule has 5 nitrogen and oxygen atoms in total. The maximum absolute atomic E-state index is 6.01. The zero-order valence-electron chi connectivity index (χ0n) is 15.0. The van der Waals surface area contributed by atoms with Crippen LogP contribution < -0.4 is 15.4 Å². The Morgan fingerprint density at radius 3 is 2.96 bits per heavy atom. The van der Waals surface area contributed by atoms with E-state index in [4.69, 9.17) is 15.9 Å². The van der Waals surface area contributed by atoms with Gasteiger partial charge in [0, 0.05) is 18.7 Å². The molecule has 2 N–H and O–H groups in total. The maximum Gasteiger partial charge on any atom is 0.192 e. The summed E-state index contributed by atoms with van der Waals surface area (Å²) in [5, 5.41) is 6.27. The van der Waals surface area contributed by atoms with Crippen molar-refractivity contribution in [1.29, 1.82) is 0 Å². The van der Waals surface area contributed by atoms with Gasteiger partial charge in [-0.05, 0) is 38.3 Å². The SMILES string of the molecule is C#CCNC(=NCc1ccc(C)cc1OCC1CCCO1)NCC.I. The topological polar surface area (TPSA) is 54.9 Å². The Hall–Kier alpha value is -1.46. The average Bonchev–Trinajstić information content (AvgIpc) is 3.10. The molecule has 1 aromatic carbocycles. The molecule has 1 aliphatic heterocycles. The second kappa shape index (κ2) is 12.0. The smallest absolute Gasteiger partial charge is 0.192 e. The molecule has 138 valence electrons. The largest absolute Gasteiger partial charge is 0.491 e. The van der Waals surface area contributed by atoms with Gasteiger partial charge in [0.25, 0.3) is 0 Å². The fraction of sp³-hybridized carbons (Fsp3) is 0.526. The highest BCUT2D eigenvalue weighted by Gasteiger charge is 2.16. The van der Waals surface area contributed by atoms with E-state index in [1.54, 1.807) is 0 Å². The lowest BCUT2D eigenvalue weighted by molar-refractivity contribution is 0.0676. The van der Waals surface area contributed by atoms with Crippen molar-refractivity contribution in [3.05, 3.63) is 29.3 Å². The van der Waals surface area contributed by atoms with Gasteiger partial charge in [0.05, 0.1) is 19.2 Å². The summed E-state index contributed by atoms with van der Waals surface area (Å²) in [6.45, 7) is 7.27. The Morgan fingerprint density at radius 1 is 1.44 bits per heavy atom. The highest BCUT2D eigenvalue weighted by molar-refractivity contribution is 14.0. The molecular weight excluding hydrogens is 429 g/mol. The van der Waals surface area contributed by atoms with E-state index in [0.717, 1.165) is 37.3 Å². The summed E-state index contributed by atoms with van der Waals surface area (Å²) in [6.07, 6.45) is 7.68. The van der Waals surface area contributed by atoms with Gasteiger partial charge in [0.2, 0.25) is 0 Å². The lowest BCUT2D eigenvalue weighted by Gasteiger charge is -2.15. The molecule has 0 spiro atoms. The van der Waals surface area contributed by atoms with Crippen LogP contribution in [0.3, 0.4) is 0 Å². The van der Waals surface area contributed by atoms with Crippen molar-refractivity contribution >= 4 is 29.9 Å². The molecule has 1 unspecified atom stereocenters. The number of halogens is 1. The van der Waals surface area contributed by atoms with Crippen molar-refractivity contribution in [2.24, 2.45) is 4.99 Å². The van der Waals surface area contributed by atoms with Crippen molar-refractivity contribution < 1.29 is 9.47 Å². The summed E-state index contributed by atoms with van der Waals surface area (Å²) < 4.78 is 11.6. The van der Waals surface area contributed by atoms with Crippen molar-refractivity contribution in [2.45, 2.75) is 39.3 Å². The second-order valence-electron chi connectivity index (χ2n) is 5.81. The third-order valence-corrected chi connectivity index (χ3v) is 3.78. The van der Waals surface area contributed by atoms with Crippen LogP contribution in [0.4, 0.5) is 0 Å². The van der Waals surface area contributed by atoms with Crippen LogP contribution in [0.5, 0.6) is 5.75 Å². The molecule has 1 heterocycles. The molecule has 0 aromatic heterocycles. The fourth-order valence-electron chi connectivity index (χ4n) is 2.53. The number of nitrogens with one attached hydrogen (secondary N) is 2. The van der Waals surface area contributed by atoms with Crippen LogP contribution in [-0.2, 0) is 11.3 Å². The molecule has 2 rings (SSSR count). The molecule has 25 heavy (non-hydrogen) atoms. The van der Waals surface area contributed by atoms with Gasteiger partial charge in [0.15, 0.2) is 5.96 Å². The third-order valence-electron chi connectivity index (χ3n) is 3.78. The summed E-state index contributed by atoms with van der Waals surface area (Å²) in [4.78, 5) is 4.58. The van der Waals surface area contributed by atoms with E-state index in [1.165, 1.54) is 5.56 Å². The normalized spacial score (nSPS) is 16.7. The van der Waals surface area contributed by atoms with Gasteiger partial charge in [-0.25, -0.2) is 4.99 Å². The van der Waals surface area contributed by atoms with Crippen molar-refractivity contribution in [2.75, 3.05) is 26.3 Å². The summed E-state index contributed by atoms with van der Waals surface area (Å²) in [5.41, 5.74) is 2.22. The average molecular weight is 457 g/mol. The summed E-state index contributed by atoms with van der Waals surface area (Å²) >= 11 is 0. The van der Waals surface area contributed by atoms with Crippen molar-refractivity contribution in [3.63, 3.8) is 0 Å². The Kier molecular flexibility index (Phi) is 10.3. The Bertz CT molecular complexity index is 593. The van der Waals surface area contributed by atoms with Crippen LogP contribution in [0, 0.1) is 19.3 Å². The first kappa shape index (κ1) is 21.6. The van der Waals surface area contributed by atoms with Crippen LogP contribution in [0.2, 0.25) is 0 Å². The van der Waals surface area contributed by atoms with Crippen LogP contribution >= 0.6 is 24.0 Å². The van der Waals surface area contributed by atoms with Gasteiger partial charge in [-0.15, -0.1) is 30.4 Å². The molecule has 1 fully saturated rings. The predicted molar refractivity (Wildman–Crippen MR) is 113 cm³/mol. The van der Waals surface area contributed by atoms with Crippen molar-refractivity contribution in [3.8, 4) is 18.1 Å². The van der Waals surface area contributed by atoms with E-state index in [0.29, 0.717) is 25.7 Å². The first-order chi connectivity index (χ1) is 11.7. The summed E-state index contributed by atoms with van der Waals surface area (Å²) in [7, 11) is 0. The number of terminal acetylenes is 1. The number of hydrogen-bond acceptors (Lipinski definition) is 3. The van der Waals surface area contributed by atoms with E-state index in [9.17, 15) is 0 Å². The van der Waals surface area contributed by atoms with Gasteiger partial charge in [0.1, 0.15) is 12.4 Å². The molecule has 1 aliphatic rings. The Morgan fingerprint density at radius 2 is 2.28 bits per heavy atom. The van der Waals surface area contributed by atoms with Crippen LogP contribution in [-0.4, -0.2) is 38.4 Å². The Balaban J connectivity index is 0.00000312. The number of benzene rings is 1. The molecule has 1 atom stereocenters. The molecule has 0 bridgehead atoms. The summed E-state index contributed by atoms with van der Waals surface area (Å²) in [5.74, 6) is 4.14. The minimum absolute atomic E-state index is 0. The molecule has 6 heteroatoms. The lowest BCUT2D eigenvalue weighted by atomic mass is 10.1. The van der Waals surface area contributed by atoms with Crippen LogP contribution in [0.1, 0.15) is 30.9 Å². The minimum atomic E-state index is 0. The van der Waals surface area contributed by atoms with E-state index >= 15 is 0 Å². The monoisotopic (exact) mass is 457 g/mol. The van der Waals surface area contributed by atoms with Crippen LogP contribution in [0.15, 0.2) is 23.2 Å². The quantitative estimate of drug-likeness (QED) is 0.286. The highest BCUT2D eigenvalue weighted by atomic mass is 127. The number of aryl methyl sites for hydroxylation is 1. The number of rotatable bonds is 7. The van der Waals surface area contributed by atoms with Gasteiger partial charge in [-0.1, -0.05) is 18.1 Å². The van der Waals surface area contributed by atoms with Gasteiger partial charge in [-0.2, -0.15) is 0 Å². The number of guanidine groups is 1. The Labute approximate surface area is 168 Å². The minimum Gasteiger partial charge on any atom is -0.491 e. The first-order valence-corrected chi connectivity index (χ1v) is 8.52. The predicted octanol–water partition coefficient (Wildman–Crippen LogP) is 2.86. The molecule has 0 radical (unpaired) electrons. The van der Waals surface area contributed by atoms with E-state index < -0.39 is 0 Å². The van der Waals surface area contributed by atoms with Gasteiger partial charge in [-0.3, -0.25) is 0 Å². The number of aliphatic imine (C=N–C) groups is 1. The molecule has 1 saturated heterocycles. The van der Waals surface area contributed by atoms with E-state index in [-0.39, 0.29) is 30.1 Å². The highest BCUT2D eigenvalue weighted by Crippen LogP contribution is 2.23. The van der Waals surface area contributed by atoms with Crippen LogP contribution in [0.25, 0.3) is 0 Å². The third kappa shape index (κ3) is 7.53. The summed E-state index contributed by atoms with van der Waals surface area (Å²) in [6, 6.07) is 6.20. The molecule has 0 saturated carbocycles. The molecule has 1 aromatic rings. The van der Waals surface area contributed by atoms with Gasteiger partial charge < -0.3 is 20.1 Å². The maximum atomic E-state index is 6.01. The van der Waals surface area contributed by atoms with E-state index in [1.807, 2.05) is 6.92 Å². The van der Waals surface area contributed by atoms with Gasteiger partial charge >= 0.3 is 0 Å². The van der Waals surface area contributed by atoms with Crippen molar-refractivity contribution in [1.82, 2.24) is 10.6 Å². The number of ether oxygens (including phenoxy) is 2.